The number of β-amino-alcohol motifs (C(OH)–C–C–N with tert-alkyl or cyclic N) is 1. The molecule has 2 atom stereocenters. The quantitative estimate of drug-likeness (QED) is 0.833. The number of carbonyl (C=O) groups is 1. The van der Waals surface area contributed by atoms with E-state index in [1.165, 1.54) is 0 Å². The monoisotopic (exact) mass is 237 g/mol. The van der Waals surface area contributed by atoms with E-state index < -0.39 is 0 Å². The Labute approximate surface area is 101 Å². The van der Waals surface area contributed by atoms with E-state index in [4.69, 9.17) is 0 Å². The number of rotatable bonds is 3. The Balaban J connectivity index is 1.80. The van der Waals surface area contributed by atoms with Gasteiger partial charge in [0, 0.05) is 38.4 Å². The first-order chi connectivity index (χ1) is 8.16. The van der Waals surface area contributed by atoms with Crippen molar-refractivity contribution in [1.29, 1.82) is 0 Å². The van der Waals surface area contributed by atoms with Crippen molar-refractivity contribution in [2.24, 2.45) is 5.92 Å². The Hall–Kier alpha value is -1.36. The molecular formula is C12H19N3O2. The van der Waals surface area contributed by atoms with Crippen molar-refractivity contribution in [2.45, 2.75) is 32.4 Å². The summed E-state index contributed by atoms with van der Waals surface area (Å²) in [5.41, 5.74) is 0. The van der Waals surface area contributed by atoms with Gasteiger partial charge >= 0.3 is 0 Å². The van der Waals surface area contributed by atoms with E-state index in [-0.39, 0.29) is 12.0 Å². The maximum absolute atomic E-state index is 11.9. The van der Waals surface area contributed by atoms with E-state index in [9.17, 15) is 9.90 Å². The van der Waals surface area contributed by atoms with Crippen LogP contribution in [0.3, 0.4) is 0 Å². The van der Waals surface area contributed by atoms with Crippen LogP contribution in [0.4, 0.5) is 0 Å². The van der Waals surface area contributed by atoms with E-state index in [1.54, 1.807) is 17.4 Å². The van der Waals surface area contributed by atoms with Crippen molar-refractivity contribution in [2.75, 3.05) is 13.1 Å². The van der Waals surface area contributed by atoms with Crippen LogP contribution in [0.15, 0.2) is 18.7 Å². The molecule has 5 nitrogen and oxygen atoms in total. The number of aromatic nitrogens is 2. The zero-order valence-corrected chi connectivity index (χ0v) is 10.1. The van der Waals surface area contributed by atoms with Crippen LogP contribution in [0.5, 0.6) is 0 Å². The van der Waals surface area contributed by atoms with Gasteiger partial charge in [0.1, 0.15) is 0 Å². The van der Waals surface area contributed by atoms with Gasteiger partial charge in [0.15, 0.2) is 0 Å². The van der Waals surface area contributed by atoms with Crippen molar-refractivity contribution >= 4 is 5.91 Å². The van der Waals surface area contributed by atoms with Crippen LogP contribution in [0.1, 0.15) is 19.8 Å². The van der Waals surface area contributed by atoms with Gasteiger partial charge in [-0.1, -0.05) is 6.92 Å². The van der Waals surface area contributed by atoms with Gasteiger partial charge in [-0.3, -0.25) is 4.79 Å². The Morgan fingerprint density at radius 1 is 1.59 bits per heavy atom. The van der Waals surface area contributed by atoms with Gasteiger partial charge in [0.05, 0.1) is 12.4 Å². The van der Waals surface area contributed by atoms with Gasteiger partial charge < -0.3 is 14.6 Å². The van der Waals surface area contributed by atoms with Crippen LogP contribution in [0, 0.1) is 5.92 Å². The fourth-order valence-corrected chi connectivity index (χ4v) is 2.08. The lowest BCUT2D eigenvalue weighted by Crippen LogP contribution is -2.46. The number of aliphatic hydroxyl groups excluding tert-OH is 1. The first-order valence-electron chi connectivity index (χ1n) is 6.08. The summed E-state index contributed by atoms with van der Waals surface area (Å²) < 4.78 is 1.89. The number of amides is 1. The second-order valence-electron chi connectivity index (χ2n) is 4.72. The molecule has 1 aliphatic heterocycles. The molecule has 1 N–H and O–H groups in total. The lowest BCUT2D eigenvalue weighted by molar-refractivity contribution is -0.135. The lowest BCUT2D eigenvalue weighted by Gasteiger charge is -2.34. The van der Waals surface area contributed by atoms with Gasteiger partial charge in [-0.25, -0.2) is 4.98 Å². The zero-order valence-electron chi connectivity index (χ0n) is 10.1. The van der Waals surface area contributed by atoms with Crippen LogP contribution >= 0.6 is 0 Å². The fourth-order valence-electron chi connectivity index (χ4n) is 2.08. The van der Waals surface area contributed by atoms with Crippen molar-refractivity contribution < 1.29 is 9.90 Å². The Bertz CT molecular complexity index is 364. The molecular weight excluding hydrogens is 218 g/mol. The molecule has 0 aromatic carbocycles. The number of likely N-dealkylation sites (tertiary alicyclic amines) is 1. The van der Waals surface area contributed by atoms with Gasteiger partial charge in [0.25, 0.3) is 0 Å². The van der Waals surface area contributed by atoms with Crippen LogP contribution in [-0.4, -0.2) is 44.7 Å². The average Bonchev–Trinajstić information content (AvgIpc) is 2.82. The number of hydrogen-bond donors (Lipinski definition) is 1. The topological polar surface area (TPSA) is 58.4 Å². The van der Waals surface area contributed by atoms with E-state index in [1.807, 2.05) is 17.7 Å². The summed E-state index contributed by atoms with van der Waals surface area (Å²) in [6, 6.07) is 0. The van der Waals surface area contributed by atoms with Crippen molar-refractivity contribution in [3.8, 4) is 0 Å². The molecule has 1 aromatic heterocycles. The molecule has 0 bridgehead atoms. The molecule has 2 heterocycles. The highest BCUT2D eigenvalue weighted by Gasteiger charge is 2.26. The summed E-state index contributed by atoms with van der Waals surface area (Å²) in [4.78, 5) is 17.6. The summed E-state index contributed by atoms with van der Waals surface area (Å²) in [7, 11) is 0. The zero-order chi connectivity index (χ0) is 12.3. The number of imidazole rings is 1. The minimum atomic E-state index is -0.374. The smallest absolute Gasteiger partial charge is 0.224 e. The number of aliphatic hydroxyl groups is 1. The van der Waals surface area contributed by atoms with E-state index in [2.05, 4.69) is 4.98 Å². The number of hydrogen-bond acceptors (Lipinski definition) is 3. The highest BCUT2D eigenvalue weighted by molar-refractivity contribution is 5.76. The molecule has 0 radical (unpaired) electrons. The summed E-state index contributed by atoms with van der Waals surface area (Å²) in [6.07, 6.45) is 6.24. The molecule has 0 aliphatic carbocycles. The molecule has 5 heteroatoms. The molecule has 0 saturated carbocycles. The van der Waals surface area contributed by atoms with Crippen molar-refractivity contribution in [3.63, 3.8) is 0 Å². The Morgan fingerprint density at radius 3 is 3.06 bits per heavy atom. The number of nitrogens with zero attached hydrogens (tertiary/aromatic N) is 3. The van der Waals surface area contributed by atoms with Crippen LogP contribution in [0.25, 0.3) is 0 Å². The van der Waals surface area contributed by atoms with E-state index in [0.717, 1.165) is 13.0 Å². The normalized spacial score (nSPS) is 24.9. The molecule has 1 aliphatic rings. The van der Waals surface area contributed by atoms with Gasteiger partial charge in [0.2, 0.25) is 5.91 Å². The summed E-state index contributed by atoms with van der Waals surface area (Å²) in [5.74, 6) is 0.414. The number of carbonyl (C=O) groups excluding carboxylic acids is 1. The molecule has 1 aromatic rings. The minimum Gasteiger partial charge on any atom is -0.391 e. The van der Waals surface area contributed by atoms with Crippen molar-refractivity contribution in [3.05, 3.63) is 18.7 Å². The molecule has 2 unspecified atom stereocenters. The standard InChI is InChI=1S/C12H19N3O2/c1-10-2-6-15(8-11(10)16)12(17)3-5-14-7-4-13-9-14/h4,7,9-11,16H,2-3,5-6,8H2,1H3. The maximum Gasteiger partial charge on any atom is 0.224 e. The molecule has 17 heavy (non-hydrogen) atoms. The van der Waals surface area contributed by atoms with Crippen molar-refractivity contribution in [1.82, 2.24) is 14.5 Å². The third kappa shape index (κ3) is 3.06. The second-order valence-corrected chi connectivity index (χ2v) is 4.72. The molecule has 2 rings (SSSR count). The maximum atomic E-state index is 11.9. The number of piperidine rings is 1. The van der Waals surface area contributed by atoms with Crippen LogP contribution in [0.2, 0.25) is 0 Å². The van der Waals surface area contributed by atoms with Crippen LogP contribution in [-0.2, 0) is 11.3 Å². The first kappa shape index (κ1) is 12.1. The lowest BCUT2D eigenvalue weighted by atomic mass is 9.96. The molecule has 1 amide bonds. The van der Waals surface area contributed by atoms with E-state index >= 15 is 0 Å². The highest BCUT2D eigenvalue weighted by Crippen LogP contribution is 2.17. The van der Waals surface area contributed by atoms with Crippen LogP contribution < -0.4 is 0 Å². The third-order valence-electron chi connectivity index (χ3n) is 3.41. The third-order valence-corrected chi connectivity index (χ3v) is 3.41. The van der Waals surface area contributed by atoms with Gasteiger partial charge in [-0.2, -0.15) is 0 Å². The van der Waals surface area contributed by atoms with Gasteiger partial charge in [-0.15, -0.1) is 0 Å². The molecule has 94 valence electrons. The minimum absolute atomic E-state index is 0.115. The number of aryl methyl sites for hydroxylation is 1. The second kappa shape index (κ2) is 5.31. The Kier molecular flexibility index (Phi) is 3.78. The molecule has 0 spiro atoms. The SMILES string of the molecule is CC1CCN(C(=O)CCn2ccnc2)CC1O. The molecule has 1 fully saturated rings. The van der Waals surface area contributed by atoms with Gasteiger partial charge in [-0.05, 0) is 12.3 Å². The predicted octanol–water partition coefficient (Wildman–Crippen LogP) is 0.502. The average molecular weight is 237 g/mol. The van der Waals surface area contributed by atoms with E-state index in [0.29, 0.717) is 25.4 Å². The fraction of sp³-hybridized carbons (Fsp3) is 0.667. The predicted molar refractivity (Wildman–Crippen MR) is 63.2 cm³/mol. The summed E-state index contributed by atoms with van der Waals surface area (Å²) in [6.45, 7) is 3.92. The first-order valence-corrected chi connectivity index (χ1v) is 6.08. The molecule has 1 saturated heterocycles. The summed E-state index contributed by atoms with van der Waals surface area (Å²) >= 11 is 0. The largest absolute Gasteiger partial charge is 0.391 e. The highest BCUT2D eigenvalue weighted by atomic mass is 16.3. The summed E-state index contributed by atoms with van der Waals surface area (Å²) in [5, 5.41) is 9.74. The Morgan fingerprint density at radius 2 is 2.41 bits per heavy atom.